The van der Waals surface area contributed by atoms with Gasteiger partial charge in [-0.05, 0) is 59.2 Å². The molecule has 158 valence electrons. The maximum absolute atomic E-state index is 13.4. The summed E-state index contributed by atoms with van der Waals surface area (Å²) in [5.74, 6) is 0.993. The molecule has 1 aromatic carbocycles. The minimum absolute atomic E-state index is 0.183. The number of nitrogens with zero attached hydrogens (tertiary/aromatic N) is 1. The number of amides is 1. The molecular weight excluding hydrogens is 428 g/mol. The van der Waals surface area contributed by atoms with Crippen molar-refractivity contribution in [2.24, 2.45) is 0 Å². The lowest BCUT2D eigenvalue weighted by Gasteiger charge is -2.22. The van der Waals surface area contributed by atoms with Gasteiger partial charge in [-0.1, -0.05) is 59.2 Å². The molecule has 0 saturated carbocycles. The Labute approximate surface area is 183 Å². The maximum atomic E-state index is 13.4. The first-order chi connectivity index (χ1) is 13.7. The fourth-order valence-electron chi connectivity index (χ4n) is 3.39. The lowest BCUT2D eigenvalue weighted by atomic mass is 9.92. The summed E-state index contributed by atoms with van der Waals surface area (Å²) in [5, 5.41) is 3.20. The number of carbonyl (C=O) groups excluding carboxylic acids is 1. The molecule has 29 heavy (non-hydrogen) atoms. The largest absolute Gasteiger partial charge is 0.491 e. The molecule has 1 heterocycles. The third-order valence-corrected chi connectivity index (χ3v) is 5.96. The van der Waals surface area contributed by atoms with Crippen LogP contribution in [0.15, 0.2) is 22.7 Å². The van der Waals surface area contributed by atoms with Crippen molar-refractivity contribution in [3.05, 3.63) is 50.8 Å². The zero-order valence-electron chi connectivity index (χ0n) is 18.6. The Bertz CT molecular complexity index is 849. The standard InChI is InChI=1S/C24H33BrN2O2/c1-8-9-13-29-23-20(16(6)26-17(7)21(23)25)24(28)27-22-18(14(2)3)11-10-12-19(22)15(4)5/h10-12,14-15H,8-9,13H2,1-7H3,(H,27,28). The number of rotatable bonds is 8. The van der Waals surface area contributed by atoms with Gasteiger partial charge in [0.15, 0.2) is 0 Å². The van der Waals surface area contributed by atoms with Gasteiger partial charge in [0, 0.05) is 5.69 Å². The lowest BCUT2D eigenvalue weighted by Crippen LogP contribution is -2.19. The highest BCUT2D eigenvalue weighted by Gasteiger charge is 2.24. The number of para-hydroxylation sites is 1. The summed E-state index contributed by atoms with van der Waals surface area (Å²) in [6.45, 7) is 15.0. The predicted molar refractivity (Wildman–Crippen MR) is 124 cm³/mol. The second-order valence-corrected chi connectivity index (χ2v) is 8.87. The number of ether oxygens (including phenoxy) is 1. The van der Waals surface area contributed by atoms with E-state index in [1.165, 1.54) is 0 Å². The van der Waals surface area contributed by atoms with Crippen molar-refractivity contribution in [2.45, 2.75) is 73.1 Å². The molecule has 0 spiro atoms. The normalized spacial score (nSPS) is 11.2. The van der Waals surface area contributed by atoms with E-state index in [2.05, 4.69) is 79.0 Å². The molecule has 1 amide bonds. The smallest absolute Gasteiger partial charge is 0.261 e. The first-order valence-corrected chi connectivity index (χ1v) is 11.2. The summed E-state index contributed by atoms with van der Waals surface area (Å²) in [6, 6.07) is 6.23. The van der Waals surface area contributed by atoms with Crippen molar-refractivity contribution >= 4 is 27.5 Å². The van der Waals surface area contributed by atoms with Gasteiger partial charge in [0.05, 0.1) is 22.5 Å². The van der Waals surface area contributed by atoms with Gasteiger partial charge in [0.1, 0.15) is 11.3 Å². The van der Waals surface area contributed by atoms with Gasteiger partial charge in [-0.3, -0.25) is 9.78 Å². The number of anilines is 1. The summed E-state index contributed by atoms with van der Waals surface area (Å²) in [5.41, 5.74) is 5.15. The van der Waals surface area contributed by atoms with Gasteiger partial charge in [0.2, 0.25) is 0 Å². The Morgan fingerprint density at radius 3 is 2.21 bits per heavy atom. The molecular formula is C24H33BrN2O2. The molecule has 1 aromatic heterocycles. The number of carbonyl (C=O) groups is 1. The summed E-state index contributed by atoms with van der Waals surface area (Å²) in [7, 11) is 0. The highest BCUT2D eigenvalue weighted by atomic mass is 79.9. The number of benzene rings is 1. The molecule has 0 atom stereocenters. The Morgan fingerprint density at radius 2 is 1.69 bits per heavy atom. The molecule has 0 aliphatic heterocycles. The van der Waals surface area contributed by atoms with E-state index >= 15 is 0 Å². The summed E-state index contributed by atoms with van der Waals surface area (Å²) < 4.78 is 6.78. The van der Waals surface area contributed by atoms with E-state index in [1.807, 2.05) is 13.8 Å². The maximum Gasteiger partial charge on any atom is 0.261 e. The van der Waals surface area contributed by atoms with E-state index in [-0.39, 0.29) is 5.91 Å². The Kier molecular flexibility index (Phi) is 8.26. The van der Waals surface area contributed by atoms with Gasteiger partial charge in [-0.2, -0.15) is 0 Å². The van der Waals surface area contributed by atoms with E-state index in [1.54, 1.807) is 0 Å². The molecule has 4 nitrogen and oxygen atoms in total. The highest BCUT2D eigenvalue weighted by molar-refractivity contribution is 9.10. The minimum Gasteiger partial charge on any atom is -0.491 e. The number of unbranched alkanes of at least 4 members (excludes halogenated alkanes) is 1. The average molecular weight is 461 g/mol. The number of pyridine rings is 1. The molecule has 0 saturated heterocycles. The summed E-state index contributed by atoms with van der Waals surface area (Å²) in [6.07, 6.45) is 1.96. The van der Waals surface area contributed by atoms with Crippen LogP contribution in [0.2, 0.25) is 0 Å². The van der Waals surface area contributed by atoms with Gasteiger partial charge in [-0.25, -0.2) is 0 Å². The van der Waals surface area contributed by atoms with Gasteiger partial charge >= 0.3 is 0 Å². The topological polar surface area (TPSA) is 51.2 Å². The number of hydrogen-bond acceptors (Lipinski definition) is 3. The van der Waals surface area contributed by atoms with Gasteiger partial charge < -0.3 is 10.1 Å². The van der Waals surface area contributed by atoms with Crippen molar-refractivity contribution in [1.82, 2.24) is 4.98 Å². The van der Waals surface area contributed by atoms with Crippen LogP contribution in [-0.4, -0.2) is 17.5 Å². The highest BCUT2D eigenvalue weighted by Crippen LogP contribution is 2.36. The van der Waals surface area contributed by atoms with Crippen LogP contribution in [0.25, 0.3) is 0 Å². The monoisotopic (exact) mass is 460 g/mol. The molecule has 2 rings (SSSR count). The Morgan fingerprint density at radius 1 is 1.10 bits per heavy atom. The lowest BCUT2D eigenvalue weighted by molar-refractivity contribution is 0.102. The zero-order chi connectivity index (χ0) is 21.7. The molecule has 0 radical (unpaired) electrons. The van der Waals surface area contributed by atoms with Crippen LogP contribution >= 0.6 is 15.9 Å². The number of hydrogen-bond donors (Lipinski definition) is 1. The predicted octanol–water partition coefficient (Wildman–Crippen LogP) is 7.14. The van der Waals surface area contributed by atoms with E-state index in [0.717, 1.165) is 39.8 Å². The minimum atomic E-state index is -0.183. The van der Waals surface area contributed by atoms with Crippen LogP contribution in [0.3, 0.4) is 0 Å². The van der Waals surface area contributed by atoms with Crippen molar-refractivity contribution in [3.63, 3.8) is 0 Å². The first kappa shape index (κ1) is 23.4. The Hall–Kier alpha value is -1.88. The first-order valence-electron chi connectivity index (χ1n) is 10.4. The second kappa shape index (κ2) is 10.2. The van der Waals surface area contributed by atoms with Crippen LogP contribution in [-0.2, 0) is 0 Å². The van der Waals surface area contributed by atoms with Crippen molar-refractivity contribution in [2.75, 3.05) is 11.9 Å². The fraction of sp³-hybridized carbons (Fsp3) is 0.500. The Balaban J connectivity index is 2.53. The van der Waals surface area contributed by atoms with Crippen LogP contribution in [0, 0.1) is 13.8 Å². The van der Waals surface area contributed by atoms with Crippen molar-refractivity contribution in [1.29, 1.82) is 0 Å². The van der Waals surface area contributed by atoms with Gasteiger partial charge in [-0.15, -0.1) is 0 Å². The second-order valence-electron chi connectivity index (χ2n) is 8.08. The van der Waals surface area contributed by atoms with E-state index in [0.29, 0.717) is 35.4 Å². The third kappa shape index (κ3) is 5.39. The van der Waals surface area contributed by atoms with Crippen LogP contribution < -0.4 is 10.1 Å². The van der Waals surface area contributed by atoms with Crippen LogP contribution in [0.5, 0.6) is 5.75 Å². The molecule has 0 unspecified atom stereocenters. The number of nitrogens with one attached hydrogen (secondary N) is 1. The average Bonchev–Trinajstić information content (AvgIpc) is 2.65. The van der Waals surface area contributed by atoms with Crippen LogP contribution in [0.1, 0.15) is 92.2 Å². The molecule has 0 aliphatic carbocycles. The fourth-order valence-corrected chi connectivity index (χ4v) is 3.79. The van der Waals surface area contributed by atoms with Crippen LogP contribution in [0.4, 0.5) is 5.69 Å². The molecule has 2 aromatic rings. The van der Waals surface area contributed by atoms with Crippen molar-refractivity contribution < 1.29 is 9.53 Å². The molecule has 0 aliphatic rings. The zero-order valence-corrected chi connectivity index (χ0v) is 20.2. The molecule has 0 bridgehead atoms. The van der Waals surface area contributed by atoms with E-state index < -0.39 is 0 Å². The van der Waals surface area contributed by atoms with E-state index in [9.17, 15) is 4.79 Å². The summed E-state index contributed by atoms with van der Waals surface area (Å²) >= 11 is 3.58. The molecule has 0 fully saturated rings. The van der Waals surface area contributed by atoms with Gasteiger partial charge in [0.25, 0.3) is 5.91 Å². The molecule has 1 N–H and O–H groups in total. The van der Waals surface area contributed by atoms with Crippen molar-refractivity contribution in [3.8, 4) is 5.75 Å². The van der Waals surface area contributed by atoms with E-state index in [4.69, 9.17) is 4.74 Å². The quantitative estimate of drug-likeness (QED) is 0.425. The number of aromatic nitrogens is 1. The summed E-state index contributed by atoms with van der Waals surface area (Å²) in [4.78, 5) is 18.0. The third-order valence-electron chi connectivity index (χ3n) is 5.02. The number of halogens is 1. The molecule has 5 heteroatoms. The SMILES string of the molecule is CCCCOc1c(Br)c(C)nc(C)c1C(=O)Nc1c(C(C)C)cccc1C(C)C. The number of aryl methyl sites for hydroxylation is 2.